The van der Waals surface area contributed by atoms with E-state index >= 15 is 0 Å². The number of hydrogen-bond donors (Lipinski definition) is 0. The third-order valence-electron chi connectivity index (χ3n) is 3.51. The second-order valence-corrected chi connectivity index (χ2v) is 7.37. The van der Waals surface area contributed by atoms with Gasteiger partial charge in [-0.15, -0.1) is 0 Å². The molecule has 1 unspecified atom stereocenters. The molecule has 0 aliphatic heterocycles. The fourth-order valence-corrected chi connectivity index (χ4v) is 3.44. The van der Waals surface area contributed by atoms with E-state index in [9.17, 15) is 35.2 Å². The molecule has 0 radical (unpaired) electrons. The first-order valence-electron chi connectivity index (χ1n) is 6.88. The minimum Gasteiger partial charge on any atom is -0.488 e. The van der Waals surface area contributed by atoms with Crippen LogP contribution < -0.4 is 4.74 Å². The molecular weight excluding hydrogens is 375 g/mol. The predicted octanol–water partition coefficient (Wildman–Crippen LogP) is 2.77. The Morgan fingerprint density at radius 2 is 1.88 bits per heavy atom. The summed E-state index contributed by atoms with van der Waals surface area (Å²) in [4.78, 5) is 10.3. The first-order valence-corrected chi connectivity index (χ1v) is 8.36. The molecule has 2 rings (SSSR count). The van der Waals surface area contributed by atoms with Gasteiger partial charge in [0.25, 0.3) is 9.84 Å². The van der Waals surface area contributed by atoms with Crippen molar-refractivity contribution in [2.75, 3.05) is 13.7 Å². The molecule has 25 heavy (non-hydrogen) atoms. The van der Waals surface area contributed by atoms with E-state index in [1.807, 2.05) is 0 Å². The van der Waals surface area contributed by atoms with E-state index < -0.39 is 55.6 Å². The topological polar surface area (TPSA) is 69.7 Å². The highest BCUT2D eigenvalue weighted by Crippen LogP contribution is 2.44. The first kappa shape index (κ1) is 19.6. The minimum absolute atomic E-state index is 0.0434. The molecule has 1 aromatic carbocycles. The molecule has 0 saturated heterocycles. The molecule has 140 valence electrons. The molecule has 5 nitrogen and oxygen atoms in total. The van der Waals surface area contributed by atoms with Crippen molar-refractivity contribution in [2.24, 2.45) is 0 Å². The van der Waals surface area contributed by atoms with Crippen molar-refractivity contribution in [3.05, 3.63) is 23.3 Å². The Kier molecular flexibility index (Phi) is 4.86. The van der Waals surface area contributed by atoms with Gasteiger partial charge in [0.1, 0.15) is 11.9 Å². The van der Waals surface area contributed by atoms with Gasteiger partial charge in [0.2, 0.25) is 5.78 Å². The van der Waals surface area contributed by atoms with Gasteiger partial charge in [-0.25, -0.2) is 8.42 Å². The highest BCUT2D eigenvalue weighted by atomic mass is 32.2. The molecule has 0 amide bonds. The van der Waals surface area contributed by atoms with Crippen molar-refractivity contribution in [3.8, 4) is 5.75 Å². The van der Waals surface area contributed by atoms with Crippen molar-refractivity contribution in [2.45, 2.75) is 35.8 Å². The van der Waals surface area contributed by atoms with E-state index in [4.69, 9.17) is 9.47 Å². The van der Waals surface area contributed by atoms with Gasteiger partial charge in [0.05, 0.1) is 17.1 Å². The standard InChI is InChI=1S/C14H13F5O5S/c1-7(6-23-2)24-9-3-4-10(25(21,22)14(17,18)19)11-8(9)5-13(15,16)12(11)20/h3-4,7H,5-6H2,1-2H3. The van der Waals surface area contributed by atoms with Crippen LogP contribution in [0.2, 0.25) is 0 Å². The van der Waals surface area contributed by atoms with Crippen molar-refractivity contribution >= 4 is 15.6 Å². The van der Waals surface area contributed by atoms with Crippen LogP contribution in [0.3, 0.4) is 0 Å². The third kappa shape index (κ3) is 3.34. The number of ether oxygens (including phenoxy) is 2. The van der Waals surface area contributed by atoms with Crippen molar-refractivity contribution in [1.29, 1.82) is 0 Å². The first-order chi connectivity index (χ1) is 11.3. The van der Waals surface area contributed by atoms with Gasteiger partial charge in [-0.3, -0.25) is 4.79 Å². The van der Waals surface area contributed by atoms with Crippen LogP contribution in [0, 0.1) is 0 Å². The van der Waals surface area contributed by atoms with Crippen LogP contribution in [0.1, 0.15) is 22.8 Å². The maximum atomic E-state index is 13.8. The summed E-state index contributed by atoms with van der Waals surface area (Å²) in [7, 11) is -4.63. The summed E-state index contributed by atoms with van der Waals surface area (Å²) in [5, 5.41) is 0. The van der Waals surface area contributed by atoms with Gasteiger partial charge >= 0.3 is 11.4 Å². The fraction of sp³-hybridized carbons (Fsp3) is 0.500. The van der Waals surface area contributed by atoms with E-state index in [0.29, 0.717) is 6.07 Å². The second-order valence-electron chi connectivity index (χ2n) is 5.46. The van der Waals surface area contributed by atoms with E-state index in [1.165, 1.54) is 14.0 Å². The molecule has 0 saturated carbocycles. The van der Waals surface area contributed by atoms with Gasteiger partial charge < -0.3 is 9.47 Å². The van der Waals surface area contributed by atoms with Crippen LogP contribution in [0.25, 0.3) is 0 Å². The van der Waals surface area contributed by atoms with Gasteiger partial charge in [-0.05, 0) is 19.1 Å². The Balaban J connectivity index is 2.66. The van der Waals surface area contributed by atoms with Gasteiger partial charge in [0.15, 0.2) is 0 Å². The molecule has 0 fully saturated rings. The molecular formula is C14H13F5O5S. The lowest BCUT2D eigenvalue weighted by Crippen LogP contribution is -2.28. The van der Waals surface area contributed by atoms with E-state index in [0.717, 1.165) is 6.07 Å². The summed E-state index contributed by atoms with van der Waals surface area (Å²) in [6.45, 7) is 1.55. The van der Waals surface area contributed by atoms with Crippen LogP contribution in [0.15, 0.2) is 17.0 Å². The molecule has 11 heteroatoms. The molecule has 1 aliphatic rings. The fourth-order valence-electron chi connectivity index (χ4n) is 2.46. The van der Waals surface area contributed by atoms with Crippen LogP contribution in [-0.2, 0) is 21.0 Å². The number of rotatable bonds is 5. The maximum absolute atomic E-state index is 13.8. The SMILES string of the molecule is COCC(C)Oc1ccc(S(=O)(=O)C(F)(F)F)c2c1CC(F)(F)C2=O. The Hall–Kier alpha value is -1.75. The van der Waals surface area contributed by atoms with Crippen LogP contribution in [0.4, 0.5) is 22.0 Å². The Morgan fingerprint density at radius 1 is 1.28 bits per heavy atom. The van der Waals surface area contributed by atoms with Gasteiger partial charge in [-0.1, -0.05) is 0 Å². The Labute approximate surface area is 139 Å². The van der Waals surface area contributed by atoms with Crippen molar-refractivity contribution in [3.63, 3.8) is 0 Å². The molecule has 0 N–H and O–H groups in total. The summed E-state index contributed by atoms with van der Waals surface area (Å²) in [5.74, 6) is -6.27. The number of carbonyl (C=O) groups is 1. The highest BCUT2D eigenvalue weighted by Gasteiger charge is 2.55. The molecule has 1 aromatic rings. The number of ketones is 1. The van der Waals surface area contributed by atoms with E-state index in [2.05, 4.69) is 0 Å². The van der Waals surface area contributed by atoms with E-state index in [1.54, 1.807) is 0 Å². The van der Waals surface area contributed by atoms with Crippen LogP contribution >= 0.6 is 0 Å². The lowest BCUT2D eigenvalue weighted by atomic mass is 10.1. The molecule has 0 aromatic heterocycles. The van der Waals surface area contributed by atoms with Crippen LogP contribution in [-0.4, -0.2) is 45.5 Å². The highest BCUT2D eigenvalue weighted by molar-refractivity contribution is 7.92. The number of sulfone groups is 1. The maximum Gasteiger partial charge on any atom is 0.501 e. The summed E-state index contributed by atoms with van der Waals surface area (Å²) in [6.07, 6.45) is -1.90. The largest absolute Gasteiger partial charge is 0.501 e. The van der Waals surface area contributed by atoms with Crippen molar-refractivity contribution in [1.82, 2.24) is 0 Å². The molecule has 0 spiro atoms. The number of benzene rings is 1. The summed E-state index contributed by atoms with van der Waals surface area (Å²) < 4.78 is 99.2. The minimum atomic E-state index is -5.97. The zero-order chi connectivity index (χ0) is 19.2. The molecule has 0 heterocycles. The molecule has 0 bridgehead atoms. The number of alkyl halides is 5. The lowest BCUT2D eigenvalue weighted by molar-refractivity contribution is -0.0436. The number of methoxy groups -OCH3 is 1. The summed E-state index contributed by atoms with van der Waals surface area (Å²) in [5.41, 5.74) is -7.47. The Bertz CT molecular complexity index is 801. The number of hydrogen-bond acceptors (Lipinski definition) is 5. The van der Waals surface area contributed by atoms with Crippen LogP contribution in [0.5, 0.6) is 5.75 Å². The predicted molar refractivity (Wildman–Crippen MR) is 74.6 cm³/mol. The van der Waals surface area contributed by atoms with Crippen molar-refractivity contribution < 1.29 is 44.6 Å². The second kappa shape index (κ2) is 6.20. The van der Waals surface area contributed by atoms with Gasteiger partial charge in [0, 0.05) is 19.1 Å². The summed E-state index contributed by atoms with van der Waals surface area (Å²) >= 11 is 0. The Morgan fingerprint density at radius 3 is 2.40 bits per heavy atom. The zero-order valence-corrected chi connectivity index (χ0v) is 13.8. The van der Waals surface area contributed by atoms with Gasteiger partial charge in [-0.2, -0.15) is 22.0 Å². The normalized spacial score (nSPS) is 18.1. The monoisotopic (exact) mass is 388 g/mol. The summed E-state index contributed by atoms with van der Waals surface area (Å²) in [6, 6.07) is 1.29. The number of halogens is 5. The number of carbonyl (C=O) groups excluding carboxylic acids is 1. The average Bonchev–Trinajstić information content (AvgIpc) is 2.70. The third-order valence-corrected chi connectivity index (χ3v) is 5.04. The number of fused-ring (bicyclic) bond motifs is 1. The zero-order valence-electron chi connectivity index (χ0n) is 13.0. The average molecular weight is 388 g/mol. The quantitative estimate of drug-likeness (QED) is 0.726. The number of Topliss-reactive ketones (excluding diaryl/α,β-unsaturated/α-hetero) is 1. The smallest absolute Gasteiger partial charge is 0.488 e. The molecule has 1 aliphatic carbocycles. The molecule has 1 atom stereocenters. The van der Waals surface area contributed by atoms with E-state index in [-0.39, 0.29) is 12.4 Å². The lowest BCUT2D eigenvalue weighted by Gasteiger charge is -2.18.